The number of hydrogen-bond acceptors (Lipinski definition) is 4. The second-order valence-corrected chi connectivity index (χ2v) is 6.41. The van der Waals surface area contributed by atoms with Crippen LogP contribution < -0.4 is 10.5 Å². The van der Waals surface area contributed by atoms with Gasteiger partial charge in [-0.1, -0.05) is 18.2 Å². The van der Waals surface area contributed by atoms with Crippen LogP contribution in [0.4, 0.5) is 0 Å². The second-order valence-electron chi connectivity index (χ2n) is 6.41. The number of nitrogens with two attached hydrogens (primary N) is 1. The summed E-state index contributed by atoms with van der Waals surface area (Å²) in [6.07, 6.45) is 2.20. The van der Waals surface area contributed by atoms with Gasteiger partial charge in [-0.25, -0.2) is 0 Å². The Morgan fingerprint density at radius 3 is 2.67 bits per heavy atom. The molecular weight excluding hydrogens is 328 g/mol. The molecule has 1 amide bonds. The predicted molar refractivity (Wildman–Crippen MR) is 92.6 cm³/mol. The third-order valence-corrected chi connectivity index (χ3v) is 4.95. The number of furan rings is 1. The lowest BCUT2D eigenvalue weighted by Crippen LogP contribution is -2.33. The highest BCUT2D eigenvalue weighted by atomic mass is 35.5. The smallest absolute Gasteiger partial charge is 0.290 e. The molecule has 1 saturated heterocycles. The normalized spacial score (nSPS) is 25.2. The molecule has 24 heavy (non-hydrogen) atoms. The van der Waals surface area contributed by atoms with Crippen molar-refractivity contribution < 1.29 is 13.9 Å². The molecule has 1 aliphatic carbocycles. The third kappa shape index (κ3) is 3.14. The topological polar surface area (TPSA) is 68.7 Å². The number of benzene rings is 1. The van der Waals surface area contributed by atoms with E-state index in [0.717, 1.165) is 25.9 Å². The molecule has 6 heteroatoms. The number of halogens is 1. The number of ether oxygens (including phenoxy) is 1. The summed E-state index contributed by atoms with van der Waals surface area (Å²) in [6.45, 7) is 1.52. The van der Waals surface area contributed by atoms with Crippen LogP contribution in [0.3, 0.4) is 0 Å². The molecule has 0 spiro atoms. The summed E-state index contributed by atoms with van der Waals surface area (Å²) >= 11 is 0. The maximum Gasteiger partial charge on any atom is 0.290 e. The number of hydrogen-bond donors (Lipinski definition) is 1. The van der Waals surface area contributed by atoms with Crippen molar-refractivity contribution in [3.05, 3.63) is 48.2 Å². The zero-order valence-corrected chi connectivity index (χ0v) is 14.1. The maximum absolute atomic E-state index is 12.6. The van der Waals surface area contributed by atoms with Gasteiger partial charge < -0.3 is 19.8 Å². The Labute approximate surface area is 147 Å². The monoisotopic (exact) mass is 348 g/mol. The quantitative estimate of drug-likeness (QED) is 0.924. The van der Waals surface area contributed by atoms with Crippen LogP contribution >= 0.6 is 12.4 Å². The van der Waals surface area contributed by atoms with Gasteiger partial charge in [0, 0.05) is 25.2 Å². The van der Waals surface area contributed by atoms with Gasteiger partial charge in [0.05, 0.1) is 0 Å². The summed E-state index contributed by atoms with van der Waals surface area (Å²) < 4.78 is 11.2. The fourth-order valence-electron chi connectivity index (χ4n) is 3.72. The van der Waals surface area contributed by atoms with Crippen molar-refractivity contribution in [1.29, 1.82) is 0 Å². The molecule has 0 radical (unpaired) electrons. The van der Waals surface area contributed by atoms with E-state index in [1.54, 1.807) is 12.1 Å². The number of fused-ring (bicyclic) bond motifs is 1. The first-order valence-electron chi connectivity index (χ1n) is 8.08. The number of likely N-dealkylation sites (tertiary alicyclic amines) is 1. The molecule has 2 aromatic rings. The number of rotatable bonds is 3. The minimum Gasteiger partial charge on any atom is -0.426 e. The van der Waals surface area contributed by atoms with E-state index < -0.39 is 0 Å². The van der Waals surface area contributed by atoms with Crippen molar-refractivity contribution in [2.75, 3.05) is 13.1 Å². The number of carbonyl (C=O) groups is 1. The van der Waals surface area contributed by atoms with Crippen molar-refractivity contribution in [3.63, 3.8) is 0 Å². The van der Waals surface area contributed by atoms with Crippen LogP contribution in [-0.2, 0) is 0 Å². The van der Waals surface area contributed by atoms with Crippen molar-refractivity contribution in [2.24, 2.45) is 17.6 Å². The van der Waals surface area contributed by atoms with Gasteiger partial charge in [0.15, 0.2) is 5.76 Å². The molecule has 4 rings (SSSR count). The standard InChI is InChI=1S/C18H20N2O3.ClH/c19-15-7-6-12-10-20(11-14(12)15)18(21)16-8-9-17(23-16)22-13-4-2-1-3-5-13;/h1-5,8-9,12,14-15H,6-7,10-11,19H2;1H. The van der Waals surface area contributed by atoms with Crippen molar-refractivity contribution in [1.82, 2.24) is 4.90 Å². The van der Waals surface area contributed by atoms with Gasteiger partial charge >= 0.3 is 0 Å². The van der Waals surface area contributed by atoms with E-state index in [-0.39, 0.29) is 24.4 Å². The summed E-state index contributed by atoms with van der Waals surface area (Å²) in [7, 11) is 0. The molecule has 1 aromatic heterocycles. The highest BCUT2D eigenvalue weighted by Crippen LogP contribution is 2.37. The molecule has 1 saturated carbocycles. The minimum absolute atomic E-state index is 0. The van der Waals surface area contributed by atoms with E-state index in [9.17, 15) is 4.79 Å². The van der Waals surface area contributed by atoms with Gasteiger partial charge in [-0.3, -0.25) is 4.79 Å². The first-order chi connectivity index (χ1) is 11.2. The molecular formula is C18H21ClN2O3. The third-order valence-electron chi connectivity index (χ3n) is 4.95. The van der Waals surface area contributed by atoms with Crippen LogP contribution in [0.15, 0.2) is 46.9 Å². The SMILES string of the molecule is Cl.NC1CCC2CN(C(=O)c3ccc(Oc4ccccc4)o3)CC12. The average Bonchev–Trinajstić information content (AvgIpc) is 3.26. The number of amides is 1. The predicted octanol–water partition coefficient (Wildman–Crippen LogP) is 3.30. The van der Waals surface area contributed by atoms with E-state index in [1.165, 1.54) is 0 Å². The van der Waals surface area contributed by atoms with Crippen LogP contribution in [-0.4, -0.2) is 29.9 Å². The maximum atomic E-state index is 12.6. The molecule has 5 nitrogen and oxygen atoms in total. The van der Waals surface area contributed by atoms with Crippen LogP contribution in [0.25, 0.3) is 0 Å². The molecule has 2 heterocycles. The van der Waals surface area contributed by atoms with Gasteiger partial charge in [-0.15, -0.1) is 12.4 Å². The first kappa shape index (κ1) is 16.9. The Morgan fingerprint density at radius 1 is 1.12 bits per heavy atom. The fraction of sp³-hybridized carbons (Fsp3) is 0.389. The Balaban J connectivity index is 0.00000169. The van der Waals surface area contributed by atoms with Crippen LogP contribution in [0.5, 0.6) is 11.7 Å². The Hall–Kier alpha value is -1.98. The van der Waals surface area contributed by atoms with Gasteiger partial charge in [0.2, 0.25) is 0 Å². The van der Waals surface area contributed by atoms with Gasteiger partial charge in [-0.2, -0.15) is 0 Å². The van der Waals surface area contributed by atoms with Gasteiger partial charge in [-0.05, 0) is 42.9 Å². The highest BCUT2D eigenvalue weighted by Gasteiger charge is 2.43. The van der Waals surface area contributed by atoms with E-state index in [0.29, 0.717) is 29.3 Å². The molecule has 3 atom stereocenters. The van der Waals surface area contributed by atoms with E-state index >= 15 is 0 Å². The molecule has 3 unspecified atom stereocenters. The summed E-state index contributed by atoms with van der Waals surface area (Å²) in [5.41, 5.74) is 6.13. The highest BCUT2D eigenvalue weighted by molar-refractivity contribution is 5.91. The zero-order valence-electron chi connectivity index (χ0n) is 13.3. The minimum atomic E-state index is -0.0745. The molecule has 2 aliphatic rings. The van der Waals surface area contributed by atoms with E-state index in [2.05, 4.69) is 0 Å². The van der Waals surface area contributed by atoms with Crippen LogP contribution in [0, 0.1) is 11.8 Å². The molecule has 2 N–H and O–H groups in total. The average molecular weight is 349 g/mol. The Bertz CT molecular complexity index is 703. The van der Waals surface area contributed by atoms with Crippen molar-refractivity contribution in [2.45, 2.75) is 18.9 Å². The zero-order chi connectivity index (χ0) is 15.8. The fourth-order valence-corrected chi connectivity index (χ4v) is 3.72. The van der Waals surface area contributed by atoms with Gasteiger partial charge in [0.25, 0.3) is 11.9 Å². The number of carbonyl (C=O) groups excluding carboxylic acids is 1. The van der Waals surface area contributed by atoms with Gasteiger partial charge in [0.1, 0.15) is 5.75 Å². The molecule has 128 valence electrons. The van der Waals surface area contributed by atoms with Crippen LogP contribution in [0.1, 0.15) is 23.4 Å². The number of nitrogens with zero attached hydrogens (tertiary/aromatic N) is 1. The largest absolute Gasteiger partial charge is 0.426 e. The lowest BCUT2D eigenvalue weighted by atomic mass is 9.98. The van der Waals surface area contributed by atoms with E-state index in [4.69, 9.17) is 14.9 Å². The molecule has 1 aromatic carbocycles. The van der Waals surface area contributed by atoms with Crippen molar-refractivity contribution in [3.8, 4) is 11.7 Å². The summed E-state index contributed by atoms with van der Waals surface area (Å²) in [4.78, 5) is 14.4. The second kappa shape index (κ2) is 6.87. The lowest BCUT2D eigenvalue weighted by molar-refractivity contribution is 0.0743. The molecule has 0 bridgehead atoms. The Morgan fingerprint density at radius 2 is 1.92 bits per heavy atom. The van der Waals surface area contributed by atoms with E-state index in [1.807, 2.05) is 35.2 Å². The van der Waals surface area contributed by atoms with Crippen molar-refractivity contribution >= 4 is 18.3 Å². The molecule has 2 fully saturated rings. The summed E-state index contributed by atoms with van der Waals surface area (Å²) in [5, 5.41) is 0. The molecule has 1 aliphatic heterocycles. The van der Waals surface area contributed by atoms with Crippen LogP contribution in [0.2, 0.25) is 0 Å². The summed E-state index contributed by atoms with van der Waals surface area (Å²) in [6, 6.07) is 13.0. The first-order valence-corrected chi connectivity index (χ1v) is 8.08. The lowest BCUT2D eigenvalue weighted by Gasteiger charge is -2.17. The summed E-state index contributed by atoms with van der Waals surface area (Å²) in [5.74, 6) is 2.25. The number of para-hydroxylation sites is 1. The Kier molecular flexibility index (Phi) is 4.83.